The van der Waals surface area contributed by atoms with Crippen molar-refractivity contribution in [2.75, 3.05) is 5.32 Å². The number of amides is 1. The van der Waals surface area contributed by atoms with Crippen molar-refractivity contribution in [3.63, 3.8) is 0 Å². The standard InChI is InChI=1S/C16H10F2N2O/c17-13-6-7-15(18)11(9-13)8-12(10-19)16(21)20-14-4-2-1-3-5-14/h1-9H,(H,20,21)/b12-8+. The first kappa shape index (κ1) is 14.4. The van der Waals surface area contributed by atoms with E-state index in [4.69, 9.17) is 5.26 Å². The summed E-state index contributed by atoms with van der Waals surface area (Å²) in [5.41, 5.74) is 0.0291. The largest absolute Gasteiger partial charge is 0.321 e. The summed E-state index contributed by atoms with van der Waals surface area (Å²) in [6, 6.07) is 13.0. The Kier molecular flexibility index (Phi) is 4.42. The molecule has 0 aliphatic rings. The number of nitrogens with one attached hydrogen (secondary N) is 1. The van der Waals surface area contributed by atoms with Crippen LogP contribution < -0.4 is 5.32 Å². The molecule has 0 bridgehead atoms. The molecule has 0 saturated heterocycles. The molecule has 0 heterocycles. The van der Waals surface area contributed by atoms with E-state index in [2.05, 4.69) is 5.32 Å². The van der Waals surface area contributed by atoms with Crippen LogP contribution >= 0.6 is 0 Å². The van der Waals surface area contributed by atoms with E-state index in [-0.39, 0.29) is 11.1 Å². The summed E-state index contributed by atoms with van der Waals surface area (Å²) in [5, 5.41) is 11.5. The molecule has 3 nitrogen and oxygen atoms in total. The summed E-state index contributed by atoms with van der Waals surface area (Å²) in [4.78, 5) is 11.9. The van der Waals surface area contributed by atoms with E-state index in [1.807, 2.05) is 0 Å². The second kappa shape index (κ2) is 6.44. The van der Waals surface area contributed by atoms with Gasteiger partial charge in [0.15, 0.2) is 0 Å². The minimum atomic E-state index is -0.711. The van der Waals surface area contributed by atoms with Gasteiger partial charge in [0.25, 0.3) is 5.91 Å². The summed E-state index contributed by atoms with van der Waals surface area (Å²) < 4.78 is 26.6. The van der Waals surface area contributed by atoms with Crippen LogP contribution in [0, 0.1) is 23.0 Å². The second-order valence-electron chi connectivity index (χ2n) is 4.16. The molecule has 2 rings (SSSR count). The first-order valence-corrected chi connectivity index (χ1v) is 6.03. The Labute approximate surface area is 120 Å². The minimum Gasteiger partial charge on any atom is -0.321 e. The summed E-state index contributed by atoms with van der Waals surface area (Å²) in [6.07, 6.45) is 1.01. The quantitative estimate of drug-likeness (QED) is 0.692. The van der Waals surface area contributed by atoms with E-state index in [1.165, 1.54) is 0 Å². The van der Waals surface area contributed by atoms with Gasteiger partial charge in [-0.1, -0.05) is 18.2 Å². The van der Waals surface area contributed by atoms with Crippen molar-refractivity contribution in [2.45, 2.75) is 0 Å². The molecule has 0 aliphatic heterocycles. The molecule has 0 unspecified atom stereocenters. The Morgan fingerprint density at radius 1 is 1.14 bits per heavy atom. The molecule has 1 amide bonds. The van der Waals surface area contributed by atoms with E-state index in [1.54, 1.807) is 36.4 Å². The number of carbonyl (C=O) groups excluding carboxylic acids is 1. The van der Waals surface area contributed by atoms with Gasteiger partial charge >= 0.3 is 0 Å². The Balaban J connectivity index is 2.27. The third-order valence-corrected chi connectivity index (χ3v) is 2.65. The second-order valence-corrected chi connectivity index (χ2v) is 4.16. The first-order chi connectivity index (χ1) is 10.1. The molecule has 0 atom stereocenters. The normalized spacial score (nSPS) is 10.8. The fraction of sp³-hybridized carbons (Fsp3) is 0. The van der Waals surface area contributed by atoms with Crippen molar-refractivity contribution in [2.24, 2.45) is 0 Å². The molecule has 0 spiro atoms. The predicted molar refractivity (Wildman–Crippen MR) is 75.0 cm³/mol. The lowest BCUT2D eigenvalue weighted by Crippen LogP contribution is -2.13. The highest BCUT2D eigenvalue weighted by Gasteiger charge is 2.11. The molecule has 0 aliphatic carbocycles. The first-order valence-electron chi connectivity index (χ1n) is 6.03. The number of anilines is 1. The van der Waals surface area contributed by atoms with Crippen LogP contribution in [0.3, 0.4) is 0 Å². The maximum Gasteiger partial charge on any atom is 0.266 e. The van der Waals surface area contributed by atoms with E-state index >= 15 is 0 Å². The van der Waals surface area contributed by atoms with Gasteiger partial charge in [-0.2, -0.15) is 5.26 Å². The molecule has 0 fully saturated rings. The van der Waals surface area contributed by atoms with Crippen molar-refractivity contribution in [3.8, 4) is 6.07 Å². The zero-order valence-corrected chi connectivity index (χ0v) is 10.8. The minimum absolute atomic E-state index is 0.158. The average molecular weight is 284 g/mol. The number of carbonyl (C=O) groups is 1. The summed E-state index contributed by atoms with van der Waals surface area (Å²) >= 11 is 0. The number of rotatable bonds is 3. The highest BCUT2D eigenvalue weighted by atomic mass is 19.1. The predicted octanol–water partition coefficient (Wildman–Crippen LogP) is 3.51. The van der Waals surface area contributed by atoms with E-state index < -0.39 is 17.5 Å². The molecule has 0 aromatic heterocycles. The number of hydrogen-bond donors (Lipinski definition) is 1. The van der Waals surface area contributed by atoms with Crippen LogP contribution in [0.2, 0.25) is 0 Å². The number of hydrogen-bond acceptors (Lipinski definition) is 2. The SMILES string of the molecule is N#C/C(=C\c1cc(F)ccc1F)C(=O)Nc1ccccc1. The van der Waals surface area contributed by atoms with Gasteiger partial charge in [-0.25, -0.2) is 8.78 Å². The van der Waals surface area contributed by atoms with Crippen molar-refractivity contribution in [1.82, 2.24) is 0 Å². The Bertz CT molecular complexity index is 734. The Morgan fingerprint density at radius 2 is 1.86 bits per heavy atom. The van der Waals surface area contributed by atoms with E-state index in [0.29, 0.717) is 5.69 Å². The van der Waals surface area contributed by atoms with Gasteiger partial charge in [0, 0.05) is 11.3 Å². The fourth-order valence-corrected chi connectivity index (χ4v) is 1.65. The Morgan fingerprint density at radius 3 is 2.52 bits per heavy atom. The van der Waals surface area contributed by atoms with Crippen LogP contribution in [-0.4, -0.2) is 5.91 Å². The number of halogens is 2. The molecule has 2 aromatic rings. The van der Waals surface area contributed by atoms with Crippen LogP contribution in [0.4, 0.5) is 14.5 Å². The third kappa shape index (κ3) is 3.74. The van der Waals surface area contributed by atoms with Gasteiger partial charge in [-0.3, -0.25) is 4.79 Å². The zero-order valence-electron chi connectivity index (χ0n) is 10.8. The van der Waals surface area contributed by atoms with E-state index in [9.17, 15) is 13.6 Å². The van der Waals surface area contributed by atoms with Crippen LogP contribution in [-0.2, 0) is 4.79 Å². The van der Waals surface area contributed by atoms with Gasteiger partial charge < -0.3 is 5.32 Å². The molecular formula is C16H10F2N2O. The fourth-order valence-electron chi connectivity index (χ4n) is 1.65. The van der Waals surface area contributed by atoms with Crippen molar-refractivity contribution < 1.29 is 13.6 Å². The molecule has 104 valence electrons. The maximum absolute atomic E-state index is 13.5. The van der Waals surface area contributed by atoms with Gasteiger partial charge in [-0.05, 0) is 36.4 Å². The topological polar surface area (TPSA) is 52.9 Å². The molecule has 2 aromatic carbocycles. The van der Waals surface area contributed by atoms with Crippen molar-refractivity contribution in [1.29, 1.82) is 5.26 Å². The monoisotopic (exact) mass is 284 g/mol. The van der Waals surface area contributed by atoms with Crippen LogP contribution in [0.5, 0.6) is 0 Å². The highest BCUT2D eigenvalue weighted by molar-refractivity contribution is 6.09. The lowest BCUT2D eigenvalue weighted by molar-refractivity contribution is -0.112. The van der Waals surface area contributed by atoms with Crippen LogP contribution in [0.1, 0.15) is 5.56 Å². The summed E-state index contributed by atoms with van der Waals surface area (Å²) in [7, 11) is 0. The lowest BCUT2D eigenvalue weighted by Gasteiger charge is -2.04. The molecule has 0 saturated carbocycles. The lowest BCUT2D eigenvalue weighted by atomic mass is 10.1. The summed E-state index contributed by atoms with van der Waals surface area (Å²) in [6.45, 7) is 0. The number of nitriles is 1. The number of nitrogens with zero attached hydrogens (tertiary/aromatic N) is 1. The smallest absolute Gasteiger partial charge is 0.266 e. The van der Waals surface area contributed by atoms with Crippen molar-refractivity contribution in [3.05, 3.63) is 71.3 Å². The number of benzene rings is 2. The molecule has 21 heavy (non-hydrogen) atoms. The molecule has 5 heteroatoms. The van der Waals surface area contributed by atoms with Gasteiger partial charge in [0.2, 0.25) is 0 Å². The molecule has 0 radical (unpaired) electrons. The molecule has 1 N–H and O–H groups in total. The van der Waals surface area contributed by atoms with Crippen LogP contribution in [0.15, 0.2) is 54.1 Å². The van der Waals surface area contributed by atoms with Gasteiger partial charge in [0.05, 0.1) is 0 Å². The zero-order chi connectivity index (χ0) is 15.2. The third-order valence-electron chi connectivity index (χ3n) is 2.65. The number of para-hydroxylation sites is 1. The average Bonchev–Trinajstić information content (AvgIpc) is 2.49. The van der Waals surface area contributed by atoms with E-state index in [0.717, 1.165) is 24.3 Å². The molecular weight excluding hydrogens is 274 g/mol. The Hall–Kier alpha value is -3.00. The van der Waals surface area contributed by atoms with Crippen molar-refractivity contribution >= 4 is 17.7 Å². The highest BCUT2D eigenvalue weighted by Crippen LogP contribution is 2.15. The van der Waals surface area contributed by atoms with Crippen LogP contribution in [0.25, 0.3) is 6.08 Å². The van der Waals surface area contributed by atoms with Gasteiger partial charge in [-0.15, -0.1) is 0 Å². The van der Waals surface area contributed by atoms with Gasteiger partial charge in [0.1, 0.15) is 23.3 Å². The summed E-state index contributed by atoms with van der Waals surface area (Å²) in [5.74, 6) is -2.05. The maximum atomic E-state index is 13.5.